The second-order valence-electron chi connectivity index (χ2n) is 7.95. The molecule has 0 aliphatic heterocycles. The van der Waals surface area contributed by atoms with E-state index in [9.17, 15) is 14.0 Å². The van der Waals surface area contributed by atoms with Gasteiger partial charge >= 0.3 is 5.97 Å². The molecule has 2 heterocycles. The summed E-state index contributed by atoms with van der Waals surface area (Å²) in [6.45, 7) is 1.56. The van der Waals surface area contributed by atoms with Crippen molar-refractivity contribution in [1.82, 2.24) is 14.5 Å². The first-order valence-corrected chi connectivity index (χ1v) is 10.3. The molecule has 1 atom stereocenters. The van der Waals surface area contributed by atoms with Gasteiger partial charge in [0.15, 0.2) is 5.82 Å². The van der Waals surface area contributed by atoms with Crippen molar-refractivity contribution in [2.45, 2.75) is 51.1 Å². The van der Waals surface area contributed by atoms with Crippen molar-refractivity contribution >= 4 is 28.6 Å². The maximum absolute atomic E-state index is 14.5. The average Bonchev–Trinajstić information content (AvgIpc) is 3.28. The van der Waals surface area contributed by atoms with Crippen LogP contribution in [0.25, 0.3) is 11.0 Å². The largest absolute Gasteiger partial charge is 0.480 e. The third-order valence-corrected chi connectivity index (χ3v) is 5.81. The number of halogens is 1. The molecule has 4 N–H and O–H groups in total. The number of aliphatic carboxylic acids is 1. The second kappa shape index (κ2) is 8.43. The molecule has 0 bridgehead atoms. The van der Waals surface area contributed by atoms with Gasteiger partial charge in [0.1, 0.15) is 11.7 Å². The monoisotopic (exact) mass is 425 g/mol. The molecule has 2 aromatic heterocycles. The van der Waals surface area contributed by atoms with Crippen LogP contribution in [0, 0.1) is 12.7 Å². The topological polar surface area (TPSA) is 123 Å². The minimum absolute atomic E-state index is 0.0643. The third-order valence-electron chi connectivity index (χ3n) is 5.81. The number of rotatable bonds is 6. The number of hydrogen-bond donors (Lipinski definition) is 3. The van der Waals surface area contributed by atoms with E-state index in [-0.39, 0.29) is 18.0 Å². The number of carboxylic acids is 1. The van der Waals surface area contributed by atoms with E-state index in [0.717, 1.165) is 31.2 Å². The smallest absolute Gasteiger partial charge is 0.320 e. The van der Waals surface area contributed by atoms with Gasteiger partial charge in [-0.2, -0.15) is 4.98 Å². The molecule has 162 valence electrons. The molecular weight excluding hydrogens is 401 g/mol. The Morgan fingerprint density at radius 3 is 2.65 bits per heavy atom. The minimum Gasteiger partial charge on any atom is -0.480 e. The molecule has 1 aliphatic carbocycles. The van der Waals surface area contributed by atoms with E-state index in [1.807, 2.05) is 0 Å². The fourth-order valence-electron chi connectivity index (χ4n) is 4.06. The number of hydrogen-bond acceptors (Lipinski definition) is 6. The van der Waals surface area contributed by atoms with Gasteiger partial charge in [-0.25, -0.2) is 9.37 Å². The Bertz CT molecular complexity index is 1190. The second-order valence-corrected chi connectivity index (χ2v) is 7.95. The Morgan fingerprint density at radius 1 is 1.32 bits per heavy atom. The SMILES string of the molecule is Cc1c(F)c(=O)n(C2CCCC2)c2nc(Nc3ccc(C[C@H](N)C(=O)O)cc3)ncc12. The molecule has 1 fully saturated rings. The summed E-state index contributed by atoms with van der Waals surface area (Å²) in [6, 6.07) is 6.08. The molecular formula is C22H24FN5O3. The first kappa shape index (κ1) is 20.9. The van der Waals surface area contributed by atoms with Gasteiger partial charge in [-0.1, -0.05) is 25.0 Å². The quantitative estimate of drug-likeness (QED) is 0.555. The molecule has 9 heteroatoms. The predicted molar refractivity (Wildman–Crippen MR) is 115 cm³/mol. The van der Waals surface area contributed by atoms with Gasteiger partial charge < -0.3 is 16.2 Å². The van der Waals surface area contributed by atoms with Crippen molar-refractivity contribution < 1.29 is 14.3 Å². The molecule has 0 amide bonds. The van der Waals surface area contributed by atoms with E-state index in [2.05, 4.69) is 15.3 Å². The lowest BCUT2D eigenvalue weighted by Gasteiger charge is -2.18. The van der Waals surface area contributed by atoms with Crippen molar-refractivity contribution in [3.8, 4) is 0 Å². The van der Waals surface area contributed by atoms with E-state index in [1.54, 1.807) is 31.2 Å². The van der Waals surface area contributed by atoms with Crippen LogP contribution in [0.4, 0.5) is 16.0 Å². The third kappa shape index (κ3) is 4.13. The Balaban J connectivity index is 1.66. The van der Waals surface area contributed by atoms with Crippen molar-refractivity contribution in [2.24, 2.45) is 5.73 Å². The molecule has 0 unspecified atom stereocenters. The summed E-state index contributed by atoms with van der Waals surface area (Å²) in [5.74, 6) is -1.51. The highest BCUT2D eigenvalue weighted by molar-refractivity contribution is 5.79. The van der Waals surface area contributed by atoms with Crippen molar-refractivity contribution in [3.05, 3.63) is 57.8 Å². The van der Waals surface area contributed by atoms with Crippen LogP contribution in [0.1, 0.15) is 42.9 Å². The first-order valence-electron chi connectivity index (χ1n) is 10.3. The summed E-state index contributed by atoms with van der Waals surface area (Å²) in [6.07, 6.45) is 5.41. The lowest BCUT2D eigenvalue weighted by Crippen LogP contribution is -2.32. The summed E-state index contributed by atoms with van der Waals surface area (Å²) in [5.41, 5.74) is 7.10. The summed E-state index contributed by atoms with van der Waals surface area (Å²) < 4.78 is 16.0. The van der Waals surface area contributed by atoms with Crippen LogP contribution in [0.5, 0.6) is 0 Å². The molecule has 0 spiro atoms. The highest BCUT2D eigenvalue weighted by Crippen LogP contribution is 2.31. The van der Waals surface area contributed by atoms with Crippen molar-refractivity contribution in [2.75, 3.05) is 5.32 Å². The highest BCUT2D eigenvalue weighted by Gasteiger charge is 2.24. The van der Waals surface area contributed by atoms with Gasteiger partial charge in [0.25, 0.3) is 5.56 Å². The maximum atomic E-state index is 14.5. The Morgan fingerprint density at radius 2 is 2.00 bits per heavy atom. The number of pyridine rings is 1. The number of nitrogens with two attached hydrogens (primary N) is 1. The molecule has 4 rings (SSSR count). The molecule has 0 radical (unpaired) electrons. The molecule has 0 saturated heterocycles. The zero-order valence-corrected chi connectivity index (χ0v) is 17.1. The molecule has 8 nitrogen and oxygen atoms in total. The number of nitrogens with zero attached hydrogens (tertiary/aromatic N) is 3. The number of benzene rings is 1. The van der Waals surface area contributed by atoms with Crippen LogP contribution in [0.2, 0.25) is 0 Å². The molecule has 1 aliphatic rings. The van der Waals surface area contributed by atoms with Gasteiger partial charge in [0, 0.05) is 28.9 Å². The summed E-state index contributed by atoms with van der Waals surface area (Å²) in [5, 5.41) is 12.5. The standard InChI is InChI=1S/C22H24FN5O3/c1-12-16-11-25-22(26-14-8-6-13(7-9-14)10-17(24)21(30)31)27-19(16)28(20(29)18(12)23)15-4-2-3-5-15/h6-9,11,15,17H,2-5,10,24H2,1H3,(H,30,31)(H,25,26,27)/t17-/m0/s1. The molecule has 1 saturated carbocycles. The number of carbonyl (C=O) groups is 1. The number of fused-ring (bicyclic) bond motifs is 1. The Kier molecular flexibility index (Phi) is 5.69. The average molecular weight is 425 g/mol. The number of anilines is 2. The predicted octanol–water partition coefficient (Wildman–Crippen LogP) is 3.05. The van der Waals surface area contributed by atoms with Crippen LogP contribution >= 0.6 is 0 Å². The lowest BCUT2D eigenvalue weighted by atomic mass is 10.1. The normalized spacial score (nSPS) is 15.3. The van der Waals surface area contributed by atoms with E-state index >= 15 is 0 Å². The van der Waals surface area contributed by atoms with Gasteiger partial charge in [-0.3, -0.25) is 14.2 Å². The lowest BCUT2D eigenvalue weighted by molar-refractivity contribution is -0.138. The number of aryl methyl sites for hydroxylation is 1. The van der Waals surface area contributed by atoms with Crippen molar-refractivity contribution in [1.29, 1.82) is 0 Å². The Labute approximate surface area is 177 Å². The highest BCUT2D eigenvalue weighted by atomic mass is 19.1. The molecule has 31 heavy (non-hydrogen) atoms. The van der Waals surface area contributed by atoms with Gasteiger partial charge in [0.05, 0.1) is 0 Å². The number of aromatic nitrogens is 3. The zero-order valence-electron chi connectivity index (χ0n) is 17.1. The van der Waals surface area contributed by atoms with E-state index < -0.39 is 23.4 Å². The first-order chi connectivity index (χ1) is 14.8. The van der Waals surface area contributed by atoms with Gasteiger partial charge in [-0.15, -0.1) is 0 Å². The fourth-order valence-corrected chi connectivity index (χ4v) is 4.06. The van der Waals surface area contributed by atoms with Crippen LogP contribution in [0.15, 0.2) is 35.3 Å². The summed E-state index contributed by atoms with van der Waals surface area (Å²) >= 11 is 0. The van der Waals surface area contributed by atoms with E-state index in [0.29, 0.717) is 22.7 Å². The molecule has 1 aromatic carbocycles. The number of nitrogens with one attached hydrogen (secondary N) is 1. The zero-order chi connectivity index (χ0) is 22.1. The van der Waals surface area contributed by atoms with Crippen molar-refractivity contribution in [3.63, 3.8) is 0 Å². The summed E-state index contributed by atoms with van der Waals surface area (Å²) in [7, 11) is 0. The summed E-state index contributed by atoms with van der Waals surface area (Å²) in [4.78, 5) is 32.4. The van der Waals surface area contributed by atoms with Crippen LogP contribution < -0.4 is 16.6 Å². The van der Waals surface area contributed by atoms with Gasteiger partial charge in [-0.05, 0) is 43.9 Å². The van der Waals surface area contributed by atoms with Crippen LogP contribution in [-0.4, -0.2) is 31.7 Å². The maximum Gasteiger partial charge on any atom is 0.320 e. The van der Waals surface area contributed by atoms with Crippen LogP contribution in [0.3, 0.4) is 0 Å². The molecule has 3 aromatic rings. The van der Waals surface area contributed by atoms with Gasteiger partial charge in [0.2, 0.25) is 5.95 Å². The van der Waals surface area contributed by atoms with E-state index in [4.69, 9.17) is 10.8 Å². The van der Waals surface area contributed by atoms with Crippen LogP contribution in [-0.2, 0) is 11.2 Å². The van der Waals surface area contributed by atoms with E-state index in [1.165, 1.54) is 10.8 Å². The number of carboxylic acid groups (broad SMARTS) is 1. The minimum atomic E-state index is -1.05. The Hall–Kier alpha value is -3.33. The fraction of sp³-hybridized carbons (Fsp3) is 0.364.